The van der Waals surface area contributed by atoms with Gasteiger partial charge < -0.3 is 15.1 Å². The summed E-state index contributed by atoms with van der Waals surface area (Å²) in [7, 11) is 0. The van der Waals surface area contributed by atoms with E-state index in [4.69, 9.17) is 11.6 Å². The molecule has 1 atom stereocenters. The van der Waals surface area contributed by atoms with Crippen molar-refractivity contribution in [3.05, 3.63) is 94.3 Å². The Balaban J connectivity index is 1.05. The Morgan fingerprint density at radius 3 is 2.41 bits per heavy atom. The maximum absolute atomic E-state index is 13.5. The summed E-state index contributed by atoms with van der Waals surface area (Å²) < 4.78 is 0. The zero-order valence-electron chi connectivity index (χ0n) is 22.2. The molecule has 2 aliphatic heterocycles. The molecule has 6 nitrogen and oxygen atoms in total. The van der Waals surface area contributed by atoms with Gasteiger partial charge in [0.1, 0.15) is 0 Å². The number of piperidine rings is 2. The van der Waals surface area contributed by atoms with Crippen molar-refractivity contribution >= 4 is 29.1 Å². The first-order valence-electron chi connectivity index (χ1n) is 14.1. The van der Waals surface area contributed by atoms with E-state index >= 15 is 0 Å². The van der Waals surface area contributed by atoms with Crippen LogP contribution in [-0.4, -0.2) is 54.4 Å². The number of amides is 2. The van der Waals surface area contributed by atoms with E-state index in [1.165, 1.54) is 29.7 Å². The minimum atomic E-state index is -0.157. The molecule has 0 radical (unpaired) electrons. The maximum atomic E-state index is 13.5. The number of hydrogen-bond donors (Lipinski definition) is 1. The third kappa shape index (κ3) is 5.40. The number of carbonyl (C=O) groups excluding carboxylic acids is 2. The van der Waals surface area contributed by atoms with Crippen molar-refractivity contribution in [1.82, 2.24) is 15.2 Å². The van der Waals surface area contributed by atoms with Crippen molar-refractivity contribution in [3.63, 3.8) is 0 Å². The van der Waals surface area contributed by atoms with Crippen molar-refractivity contribution in [1.29, 1.82) is 0 Å². The Hall–Kier alpha value is -3.38. The lowest BCUT2D eigenvalue weighted by molar-refractivity contribution is 0.0515. The molecule has 1 unspecified atom stereocenters. The number of carbonyl (C=O) groups is 2. The molecule has 2 amide bonds. The zero-order chi connectivity index (χ0) is 26.8. The molecule has 7 heteroatoms. The van der Waals surface area contributed by atoms with E-state index in [1.54, 1.807) is 12.1 Å². The van der Waals surface area contributed by atoms with Crippen LogP contribution in [0.3, 0.4) is 0 Å². The number of nitrogens with zero attached hydrogens (tertiary/aromatic N) is 3. The van der Waals surface area contributed by atoms with Crippen LogP contribution in [0.2, 0.25) is 5.02 Å². The molecule has 1 aromatic heterocycles. The molecule has 3 aliphatic rings. The van der Waals surface area contributed by atoms with E-state index in [2.05, 4.69) is 39.5 Å². The molecule has 1 N–H and O–H groups in total. The Morgan fingerprint density at radius 1 is 0.949 bits per heavy atom. The van der Waals surface area contributed by atoms with Crippen LogP contribution in [0.5, 0.6) is 0 Å². The summed E-state index contributed by atoms with van der Waals surface area (Å²) >= 11 is 6.20. The molecule has 2 fully saturated rings. The van der Waals surface area contributed by atoms with Gasteiger partial charge in [0, 0.05) is 62.3 Å². The minimum Gasteiger partial charge on any atom is -0.371 e. The fraction of sp³-hybridized carbons (Fsp3) is 0.406. The Morgan fingerprint density at radius 2 is 1.67 bits per heavy atom. The number of benzene rings is 2. The largest absolute Gasteiger partial charge is 0.371 e. The highest BCUT2D eigenvalue weighted by Crippen LogP contribution is 2.42. The summed E-state index contributed by atoms with van der Waals surface area (Å²) in [5.74, 6) is 0.178. The second-order valence-corrected chi connectivity index (χ2v) is 11.7. The van der Waals surface area contributed by atoms with E-state index < -0.39 is 0 Å². The summed E-state index contributed by atoms with van der Waals surface area (Å²) in [6.45, 7) is 4.32. The van der Waals surface area contributed by atoms with E-state index in [9.17, 15) is 9.59 Å². The van der Waals surface area contributed by atoms with Crippen LogP contribution in [-0.2, 0) is 6.42 Å². The van der Waals surface area contributed by atoms with Crippen LogP contribution in [0.15, 0.2) is 67.0 Å². The van der Waals surface area contributed by atoms with Gasteiger partial charge in [-0.25, -0.2) is 0 Å². The molecule has 2 aromatic carbocycles. The molecule has 0 saturated carbocycles. The third-order valence-corrected chi connectivity index (χ3v) is 9.52. The molecule has 2 saturated heterocycles. The Labute approximate surface area is 235 Å². The number of nitrogens with one attached hydrogen (secondary N) is 1. The zero-order valence-corrected chi connectivity index (χ0v) is 23.0. The minimum absolute atomic E-state index is 0.132. The highest BCUT2D eigenvalue weighted by atomic mass is 35.5. The molecule has 1 spiro atoms. The highest BCUT2D eigenvalue weighted by Gasteiger charge is 2.39. The number of pyridine rings is 1. The van der Waals surface area contributed by atoms with E-state index in [1.807, 2.05) is 35.5 Å². The van der Waals surface area contributed by atoms with Crippen LogP contribution in [0.25, 0.3) is 0 Å². The van der Waals surface area contributed by atoms with Gasteiger partial charge in [-0.3, -0.25) is 14.6 Å². The number of aryl methyl sites for hydroxylation is 1. The van der Waals surface area contributed by atoms with E-state index in [0.29, 0.717) is 22.5 Å². The Bertz CT molecular complexity index is 1340. The van der Waals surface area contributed by atoms with Gasteiger partial charge in [-0.15, -0.1) is 0 Å². The summed E-state index contributed by atoms with van der Waals surface area (Å²) in [5.41, 5.74) is 5.34. The van der Waals surface area contributed by atoms with Crippen LogP contribution in [0, 0.1) is 5.41 Å². The number of fused-ring (bicyclic) bond motifs is 1. The van der Waals surface area contributed by atoms with Gasteiger partial charge >= 0.3 is 0 Å². The quantitative estimate of drug-likeness (QED) is 0.448. The second kappa shape index (κ2) is 11.0. The summed E-state index contributed by atoms with van der Waals surface area (Å²) in [4.78, 5) is 34.9. The molecule has 3 aromatic rings. The number of anilines is 1. The van der Waals surface area contributed by atoms with Gasteiger partial charge in [-0.05, 0) is 91.5 Å². The second-order valence-electron chi connectivity index (χ2n) is 11.3. The smallest absolute Gasteiger partial charge is 0.253 e. The van der Waals surface area contributed by atoms with E-state index in [-0.39, 0.29) is 17.7 Å². The van der Waals surface area contributed by atoms with Gasteiger partial charge in [0.15, 0.2) is 0 Å². The number of aromatic nitrogens is 1. The van der Waals surface area contributed by atoms with Gasteiger partial charge in [-0.2, -0.15) is 0 Å². The average Bonchev–Trinajstić information content (AvgIpc) is 3.39. The molecular formula is C32H35ClN4O2. The molecule has 39 heavy (non-hydrogen) atoms. The third-order valence-electron chi connectivity index (χ3n) is 9.19. The Kier molecular flexibility index (Phi) is 7.30. The first kappa shape index (κ1) is 25.9. The summed E-state index contributed by atoms with van der Waals surface area (Å²) in [6, 6.07) is 17.5. The lowest BCUT2D eigenvalue weighted by Crippen LogP contribution is -2.48. The van der Waals surface area contributed by atoms with E-state index in [0.717, 1.165) is 57.4 Å². The SMILES string of the molecule is O=C(NCC1CCc2ccc(C(=O)N3CCC4(CC3)CCN(c3ccncc3)CC4)cc21)c1ccccc1Cl. The van der Waals surface area contributed by atoms with Gasteiger partial charge in [0.2, 0.25) is 0 Å². The van der Waals surface area contributed by atoms with Crippen LogP contribution in [0.1, 0.15) is 69.9 Å². The van der Waals surface area contributed by atoms with Crippen LogP contribution >= 0.6 is 11.6 Å². The van der Waals surface area contributed by atoms with Gasteiger partial charge in [-0.1, -0.05) is 29.8 Å². The molecular weight excluding hydrogens is 508 g/mol. The molecule has 0 bridgehead atoms. The lowest BCUT2D eigenvalue weighted by Gasteiger charge is -2.47. The number of likely N-dealkylation sites (tertiary alicyclic amines) is 1. The van der Waals surface area contributed by atoms with Crippen LogP contribution in [0.4, 0.5) is 5.69 Å². The van der Waals surface area contributed by atoms with Gasteiger partial charge in [0.25, 0.3) is 11.8 Å². The van der Waals surface area contributed by atoms with Crippen molar-refractivity contribution in [2.45, 2.75) is 44.4 Å². The predicted octanol–water partition coefficient (Wildman–Crippen LogP) is 5.72. The van der Waals surface area contributed by atoms with Gasteiger partial charge in [0.05, 0.1) is 10.6 Å². The summed E-state index contributed by atoms with van der Waals surface area (Å²) in [6.07, 6.45) is 10.2. The predicted molar refractivity (Wildman–Crippen MR) is 155 cm³/mol. The fourth-order valence-corrected chi connectivity index (χ4v) is 6.87. The van der Waals surface area contributed by atoms with Crippen molar-refractivity contribution in [2.75, 3.05) is 37.6 Å². The number of rotatable bonds is 5. The maximum Gasteiger partial charge on any atom is 0.253 e. The van der Waals surface area contributed by atoms with Crippen molar-refractivity contribution in [2.24, 2.45) is 5.41 Å². The highest BCUT2D eigenvalue weighted by molar-refractivity contribution is 6.33. The number of halogens is 1. The first-order valence-corrected chi connectivity index (χ1v) is 14.5. The molecule has 3 heterocycles. The van der Waals surface area contributed by atoms with Crippen LogP contribution < -0.4 is 10.2 Å². The topological polar surface area (TPSA) is 65.5 Å². The molecule has 202 valence electrons. The first-order chi connectivity index (χ1) is 19.0. The normalized spacial score (nSPS) is 20.1. The van der Waals surface area contributed by atoms with Crippen molar-refractivity contribution < 1.29 is 9.59 Å². The summed E-state index contributed by atoms with van der Waals surface area (Å²) in [5, 5.41) is 3.51. The van der Waals surface area contributed by atoms with Crippen molar-refractivity contribution in [3.8, 4) is 0 Å². The standard InChI is InChI=1S/C32H35ClN4O2/c33-29-4-2-1-3-27(29)30(38)35-22-25-8-6-23-5-7-24(21-28(23)25)31(39)37-19-13-32(14-20-37)11-17-36(18-12-32)26-9-15-34-16-10-26/h1-5,7,9-10,15-16,21,25H,6,8,11-14,17-20,22H2,(H,35,38). The monoisotopic (exact) mass is 542 g/mol. The lowest BCUT2D eigenvalue weighted by atomic mass is 9.71. The molecule has 6 rings (SSSR count). The fourth-order valence-electron chi connectivity index (χ4n) is 6.65. The number of hydrogen-bond acceptors (Lipinski definition) is 4. The molecule has 1 aliphatic carbocycles. The average molecular weight is 543 g/mol.